The lowest BCUT2D eigenvalue weighted by Gasteiger charge is -2.12. The molecule has 0 spiro atoms. The minimum Gasteiger partial charge on any atom is -0.492 e. The Kier molecular flexibility index (Phi) is 3.32. The molecule has 1 N–H and O–H groups in total. The van der Waals surface area contributed by atoms with Gasteiger partial charge >= 0.3 is 0 Å². The minimum absolute atomic E-state index is 0.403. The number of hydrogen-bond donors (Lipinski definition) is 1. The molecule has 1 saturated carbocycles. The molecular weight excluding hydrogens is 254 g/mol. The van der Waals surface area contributed by atoms with E-state index in [1.165, 1.54) is 12.8 Å². The highest BCUT2D eigenvalue weighted by Crippen LogP contribution is 2.33. The molecule has 3 heteroatoms. The number of halogens is 1. The summed E-state index contributed by atoms with van der Waals surface area (Å²) in [5, 5.41) is 3.48. The summed E-state index contributed by atoms with van der Waals surface area (Å²) in [6, 6.07) is 7.94. The molecule has 1 aliphatic rings. The topological polar surface area (TPSA) is 21.3 Å². The SMILES string of the molecule is CC1(NCCOc2cccc(Br)c2)CC1. The summed E-state index contributed by atoms with van der Waals surface area (Å²) in [6.07, 6.45) is 2.59. The third-order valence-electron chi connectivity index (χ3n) is 2.72. The Morgan fingerprint density at radius 1 is 1.47 bits per heavy atom. The first-order valence-electron chi connectivity index (χ1n) is 5.31. The monoisotopic (exact) mass is 269 g/mol. The number of hydrogen-bond acceptors (Lipinski definition) is 2. The molecule has 0 atom stereocenters. The second kappa shape index (κ2) is 4.54. The van der Waals surface area contributed by atoms with Crippen LogP contribution in [0.4, 0.5) is 0 Å². The fourth-order valence-electron chi connectivity index (χ4n) is 1.44. The highest BCUT2D eigenvalue weighted by molar-refractivity contribution is 9.10. The van der Waals surface area contributed by atoms with Crippen LogP contribution < -0.4 is 10.1 Å². The average molecular weight is 270 g/mol. The van der Waals surface area contributed by atoms with Crippen LogP contribution in [-0.2, 0) is 0 Å². The minimum atomic E-state index is 0.403. The lowest BCUT2D eigenvalue weighted by atomic mass is 10.3. The summed E-state index contributed by atoms with van der Waals surface area (Å²) in [5.74, 6) is 0.923. The van der Waals surface area contributed by atoms with Crippen LogP contribution in [0.5, 0.6) is 5.75 Å². The van der Waals surface area contributed by atoms with Crippen LogP contribution in [-0.4, -0.2) is 18.7 Å². The van der Waals surface area contributed by atoms with Crippen molar-refractivity contribution in [3.63, 3.8) is 0 Å². The van der Waals surface area contributed by atoms with Gasteiger partial charge in [0, 0.05) is 16.6 Å². The molecule has 2 rings (SSSR count). The molecule has 1 aromatic carbocycles. The van der Waals surface area contributed by atoms with Crippen molar-refractivity contribution in [1.29, 1.82) is 0 Å². The second-order valence-electron chi connectivity index (χ2n) is 4.29. The van der Waals surface area contributed by atoms with Crippen LogP contribution in [0.25, 0.3) is 0 Å². The first-order chi connectivity index (χ1) is 7.18. The molecule has 2 nitrogen and oxygen atoms in total. The van der Waals surface area contributed by atoms with Crippen LogP contribution >= 0.6 is 15.9 Å². The molecule has 0 aliphatic heterocycles. The van der Waals surface area contributed by atoms with E-state index >= 15 is 0 Å². The van der Waals surface area contributed by atoms with Crippen molar-refractivity contribution in [2.45, 2.75) is 25.3 Å². The normalized spacial score (nSPS) is 17.5. The molecule has 0 amide bonds. The first kappa shape index (κ1) is 11.0. The average Bonchev–Trinajstić information content (AvgIpc) is 2.92. The molecule has 1 fully saturated rings. The number of ether oxygens (including phenoxy) is 1. The van der Waals surface area contributed by atoms with E-state index in [0.29, 0.717) is 5.54 Å². The Balaban J connectivity index is 1.69. The summed E-state index contributed by atoms with van der Waals surface area (Å²) in [5.41, 5.74) is 0.403. The summed E-state index contributed by atoms with van der Waals surface area (Å²) >= 11 is 3.42. The van der Waals surface area contributed by atoms with Crippen molar-refractivity contribution in [3.8, 4) is 5.75 Å². The maximum Gasteiger partial charge on any atom is 0.120 e. The Hall–Kier alpha value is -0.540. The quantitative estimate of drug-likeness (QED) is 0.830. The van der Waals surface area contributed by atoms with E-state index in [1.54, 1.807) is 0 Å². The zero-order valence-electron chi connectivity index (χ0n) is 8.92. The lowest BCUT2D eigenvalue weighted by Crippen LogP contribution is -2.31. The zero-order valence-corrected chi connectivity index (χ0v) is 10.5. The van der Waals surface area contributed by atoms with Gasteiger partial charge in [-0.3, -0.25) is 0 Å². The van der Waals surface area contributed by atoms with E-state index < -0.39 is 0 Å². The summed E-state index contributed by atoms with van der Waals surface area (Å²) < 4.78 is 6.68. The summed E-state index contributed by atoms with van der Waals surface area (Å²) in [6.45, 7) is 3.90. The lowest BCUT2D eigenvalue weighted by molar-refractivity contribution is 0.304. The van der Waals surface area contributed by atoms with Gasteiger partial charge in [0.05, 0.1) is 0 Å². The molecule has 0 aromatic heterocycles. The Bertz CT molecular complexity index is 336. The van der Waals surface area contributed by atoms with Crippen molar-refractivity contribution < 1.29 is 4.74 Å². The Morgan fingerprint density at radius 2 is 2.27 bits per heavy atom. The molecule has 82 valence electrons. The number of rotatable bonds is 5. The largest absolute Gasteiger partial charge is 0.492 e. The van der Waals surface area contributed by atoms with Gasteiger partial charge in [0.25, 0.3) is 0 Å². The van der Waals surface area contributed by atoms with Gasteiger partial charge in [-0.2, -0.15) is 0 Å². The molecule has 1 aliphatic carbocycles. The second-order valence-corrected chi connectivity index (χ2v) is 5.21. The van der Waals surface area contributed by atoms with E-state index in [2.05, 4.69) is 28.2 Å². The van der Waals surface area contributed by atoms with Gasteiger partial charge in [0.1, 0.15) is 12.4 Å². The molecule has 0 radical (unpaired) electrons. The molecule has 0 heterocycles. The fraction of sp³-hybridized carbons (Fsp3) is 0.500. The van der Waals surface area contributed by atoms with E-state index in [0.717, 1.165) is 23.4 Å². The van der Waals surface area contributed by atoms with Crippen molar-refractivity contribution in [2.24, 2.45) is 0 Å². The van der Waals surface area contributed by atoms with E-state index in [9.17, 15) is 0 Å². The molecular formula is C12H16BrNO. The third kappa shape index (κ3) is 3.50. The van der Waals surface area contributed by atoms with Crippen molar-refractivity contribution in [3.05, 3.63) is 28.7 Å². The van der Waals surface area contributed by atoms with Gasteiger partial charge < -0.3 is 10.1 Å². The van der Waals surface area contributed by atoms with Gasteiger partial charge in [0.15, 0.2) is 0 Å². The highest BCUT2D eigenvalue weighted by atomic mass is 79.9. The smallest absolute Gasteiger partial charge is 0.120 e. The van der Waals surface area contributed by atoms with Gasteiger partial charge in [0.2, 0.25) is 0 Å². The van der Waals surface area contributed by atoms with E-state index in [-0.39, 0.29) is 0 Å². The maximum atomic E-state index is 5.62. The standard InChI is InChI=1S/C12H16BrNO/c1-12(5-6-12)14-7-8-15-11-4-2-3-10(13)9-11/h2-4,9,14H,5-8H2,1H3. The van der Waals surface area contributed by atoms with E-state index in [1.807, 2.05) is 24.3 Å². The molecule has 1 aromatic rings. The number of benzene rings is 1. The Labute approximate surface area is 99.1 Å². The van der Waals surface area contributed by atoms with Gasteiger partial charge in [-0.25, -0.2) is 0 Å². The Morgan fingerprint density at radius 3 is 2.93 bits per heavy atom. The molecule has 15 heavy (non-hydrogen) atoms. The van der Waals surface area contributed by atoms with Gasteiger partial charge in [-0.15, -0.1) is 0 Å². The van der Waals surface area contributed by atoms with Crippen LogP contribution in [0.2, 0.25) is 0 Å². The molecule has 0 unspecified atom stereocenters. The van der Waals surface area contributed by atoms with Crippen molar-refractivity contribution >= 4 is 15.9 Å². The summed E-state index contributed by atoms with van der Waals surface area (Å²) in [7, 11) is 0. The maximum absolute atomic E-state index is 5.62. The predicted molar refractivity (Wildman–Crippen MR) is 65.3 cm³/mol. The number of nitrogens with one attached hydrogen (secondary N) is 1. The van der Waals surface area contributed by atoms with Crippen LogP contribution in [0, 0.1) is 0 Å². The highest BCUT2D eigenvalue weighted by Gasteiger charge is 2.36. The molecule has 0 saturated heterocycles. The van der Waals surface area contributed by atoms with Crippen LogP contribution in [0.3, 0.4) is 0 Å². The van der Waals surface area contributed by atoms with Crippen molar-refractivity contribution in [1.82, 2.24) is 5.32 Å². The van der Waals surface area contributed by atoms with Crippen LogP contribution in [0.15, 0.2) is 28.7 Å². The summed E-state index contributed by atoms with van der Waals surface area (Å²) in [4.78, 5) is 0. The van der Waals surface area contributed by atoms with Gasteiger partial charge in [-0.1, -0.05) is 22.0 Å². The fourth-order valence-corrected chi connectivity index (χ4v) is 1.82. The third-order valence-corrected chi connectivity index (χ3v) is 3.21. The molecule has 0 bridgehead atoms. The van der Waals surface area contributed by atoms with Crippen LogP contribution in [0.1, 0.15) is 19.8 Å². The van der Waals surface area contributed by atoms with Gasteiger partial charge in [-0.05, 0) is 38.0 Å². The zero-order chi connectivity index (χ0) is 10.7. The van der Waals surface area contributed by atoms with Crippen molar-refractivity contribution in [2.75, 3.05) is 13.2 Å². The first-order valence-corrected chi connectivity index (χ1v) is 6.11. The predicted octanol–water partition coefficient (Wildman–Crippen LogP) is 2.97. The van der Waals surface area contributed by atoms with E-state index in [4.69, 9.17) is 4.74 Å².